The fourth-order valence-electron chi connectivity index (χ4n) is 3.68. The lowest BCUT2D eigenvalue weighted by molar-refractivity contribution is -0.132. The van der Waals surface area contributed by atoms with Gasteiger partial charge in [0.1, 0.15) is 24.7 Å². The van der Waals surface area contributed by atoms with Crippen LogP contribution < -0.4 is 24.4 Å². The standard InChI is InChI=1S/C32H32N2O7S/c1-22(15-16-36-2)32(35)34-41-31(30-6-5-17-42-30)27-18-28(39-20-23-7-11-25(37-3)12-8-23)29(19-33-27)40-21-24-9-13-26(38-4)14-10-24/h5-19,31H,1,20-21H2,2-4H3,(H,34,35)/b16-15-. The minimum Gasteiger partial charge on any atom is -0.504 e. The van der Waals surface area contributed by atoms with Crippen molar-refractivity contribution >= 4 is 17.2 Å². The fraction of sp³-hybridized carbons (Fsp3) is 0.188. The number of nitrogens with zero attached hydrogens (tertiary/aromatic N) is 1. The molecule has 218 valence electrons. The van der Waals surface area contributed by atoms with Crippen LogP contribution in [0.4, 0.5) is 0 Å². The second kappa shape index (κ2) is 15.3. The zero-order valence-electron chi connectivity index (χ0n) is 23.6. The van der Waals surface area contributed by atoms with E-state index in [0.717, 1.165) is 27.5 Å². The molecule has 4 rings (SSSR count). The molecule has 0 aliphatic heterocycles. The van der Waals surface area contributed by atoms with Crippen molar-refractivity contribution in [1.29, 1.82) is 0 Å². The van der Waals surface area contributed by atoms with E-state index in [-0.39, 0.29) is 12.2 Å². The number of rotatable bonds is 15. The van der Waals surface area contributed by atoms with Gasteiger partial charge >= 0.3 is 0 Å². The molecular weight excluding hydrogens is 556 g/mol. The molecule has 1 unspecified atom stereocenters. The third kappa shape index (κ3) is 8.35. The first-order valence-corrected chi connectivity index (χ1v) is 13.8. The van der Waals surface area contributed by atoms with Crippen LogP contribution >= 0.6 is 11.3 Å². The van der Waals surface area contributed by atoms with Gasteiger partial charge in [-0.1, -0.05) is 36.9 Å². The van der Waals surface area contributed by atoms with Crippen molar-refractivity contribution in [2.24, 2.45) is 0 Å². The predicted molar refractivity (Wildman–Crippen MR) is 160 cm³/mol. The normalized spacial score (nSPS) is 11.5. The van der Waals surface area contributed by atoms with Crippen LogP contribution in [-0.4, -0.2) is 32.2 Å². The molecule has 0 fully saturated rings. The van der Waals surface area contributed by atoms with Crippen molar-refractivity contribution in [3.63, 3.8) is 0 Å². The number of carbonyl (C=O) groups is 1. The van der Waals surface area contributed by atoms with Crippen LogP contribution in [0.1, 0.15) is 27.8 Å². The van der Waals surface area contributed by atoms with E-state index in [1.54, 1.807) is 26.5 Å². The summed E-state index contributed by atoms with van der Waals surface area (Å²) in [5.74, 6) is 1.92. The van der Waals surface area contributed by atoms with Crippen LogP contribution in [-0.2, 0) is 27.6 Å². The first kappa shape index (κ1) is 30.2. The van der Waals surface area contributed by atoms with Gasteiger partial charge < -0.3 is 23.7 Å². The highest BCUT2D eigenvalue weighted by Gasteiger charge is 2.22. The van der Waals surface area contributed by atoms with E-state index in [9.17, 15) is 4.79 Å². The summed E-state index contributed by atoms with van der Waals surface area (Å²) in [5, 5.41) is 1.92. The van der Waals surface area contributed by atoms with Gasteiger partial charge in [0.25, 0.3) is 5.91 Å². The zero-order chi connectivity index (χ0) is 29.7. The Labute approximate surface area is 248 Å². The summed E-state index contributed by atoms with van der Waals surface area (Å²) in [5.41, 5.74) is 5.03. The highest BCUT2D eigenvalue weighted by Crippen LogP contribution is 2.35. The quantitative estimate of drug-likeness (QED) is 0.0762. The molecule has 0 spiro atoms. The van der Waals surface area contributed by atoms with Crippen molar-refractivity contribution in [3.8, 4) is 23.0 Å². The molecule has 0 bridgehead atoms. The van der Waals surface area contributed by atoms with E-state index in [1.807, 2.05) is 66.0 Å². The molecule has 1 amide bonds. The topological polar surface area (TPSA) is 97.4 Å². The average Bonchev–Trinajstić information content (AvgIpc) is 3.57. The van der Waals surface area contributed by atoms with E-state index in [2.05, 4.69) is 17.0 Å². The van der Waals surface area contributed by atoms with Crippen LogP contribution in [0.15, 0.2) is 103 Å². The number of thiophene rings is 1. The van der Waals surface area contributed by atoms with Crippen LogP contribution in [0.3, 0.4) is 0 Å². The summed E-state index contributed by atoms with van der Waals surface area (Å²) in [6, 6.07) is 20.7. The summed E-state index contributed by atoms with van der Waals surface area (Å²) < 4.78 is 27.7. The number of hydrogen-bond donors (Lipinski definition) is 1. The minimum absolute atomic E-state index is 0.167. The number of benzene rings is 2. The molecule has 0 radical (unpaired) electrons. The van der Waals surface area contributed by atoms with Gasteiger partial charge in [0, 0.05) is 16.5 Å². The second-order valence-corrected chi connectivity index (χ2v) is 9.82. The molecule has 42 heavy (non-hydrogen) atoms. The molecule has 0 saturated carbocycles. The van der Waals surface area contributed by atoms with E-state index >= 15 is 0 Å². The van der Waals surface area contributed by atoms with Gasteiger partial charge in [-0.05, 0) is 52.9 Å². The number of ether oxygens (including phenoxy) is 5. The molecule has 2 aromatic carbocycles. The van der Waals surface area contributed by atoms with Gasteiger partial charge in [-0.15, -0.1) is 11.3 Å². The SMILES string of the molecule is C=C(/C=C\OC)C(=O)NOC(c1cc(OCc2ccc(OC)cc2)c(OCc2ccc(OC)cc2)cn1)c1cccs1. The lowest BCUT2D eigenvalue weighted by Crippen LogP contribution is -2.27. The number of hydroxylamine groups is 1. The third-order valence-corrected chi connectivity index (χ3v) is 6.91. The van der Waals surface area contributed by atoms with Crippen molar-refractivity contribution in [1.82, 2.24) is 10.5 Å². The summed E-state index contributed by atoms with van der Waals surface area (Å²) in [4.78, 5) is 23.8. The first-order chi connectivity index (χ1) is 20.5. The van der Waals surface area contributed by atoms with Gasteiger partial charge in [-0.2, -0.15) is 0 Å². The second-order valence-electron chi connectivity index (χ2n) is 8.84. The summed E-state index contributed by atoms with van der Waals surface area (Å²) >= 11 is 1.47. The van der Waals surface area contributed by atoms with Crippen LogP contribution in [0.5, 0.6) is 23.0 Å². The van der Waals surface area contributed by atoms with Gasteiger partial charge in [0.15, 0.2) is 17.6 Å². The minimum atomic E-state index is -0.716. The maximum Gasteiger partial charge on any atom is 0.274 e. The summed E-state index contributed by atoms with van der Waals surface area (Å²) in [6.07, 6.45) is 3.68. The Morgan fingerprint density at radius 1 is 0.929 bits per heavy atom. The Morgan fingerprint density at radius 3 is 2.10 bits per heavy atom. The molecule has 2 aromatic heterocycles. The maximum atomic E-state index is 12.5. The molecule has 0 saturated heterocycles. The van der Waals surface area contributed by atoms with Gasteiger partial charge in [0.05, 0.1) is 39.5 Å². The molecule has 0 aliphatic rings. The van der Waals surface area contributed by atoms with Crippen LogP contribution in [0, 0.1) is 0 Å². The number of aromatic nitrogens is 1. The Morgan fingerprint density at radius 2 is 1.55 bits per heavy atom. The Kier molecular flexibility index (Phi) is 11.0. The number of amides is 1. The van der Waals surface area contributed by atoms with E-state index in [1.165, 1.54) is 30.8 Å². The molecular formula is C32H32N2O7S. The molecule has 0 aliphatic carbocycles. The molecule has 4 aromatic rings. The maximum absolute atomic E-state index is 12.5. The number of methoxy groups -OCH3 is 3. The lowest BCUT2D eigenvalue weighted by Gasteiger charge is -2.19. The first-order valence-electron chi connectivity index (χ1n) is 12.9. The molecule has 1 N–H and O–H groups in total. The number of carbonyl (C=O) groups excluding carboxylic acids is 1. The molecule has 10 heteroatoms. The lowest BCUT2D eigenvalue weighted by atomic mass is 10.2. The Bertz CT molecular complexity index is 1470. The molecule has 9 nitrogen and oxygen atoms in total. The van der Waals surface area contributed by atoms with E-state index in [0.29, 0.717) is 23.8 Å². The highest BCUT2D eigenvalue weighted by molar-refractivity contribution is 7.10. The molecule has 1 atom stereocenters. The van der Waals surface area contributed by atoms with Gasteiger partial charge in [-0.25, -0.2) is 5.48 Å². The van der Waals surface area contributed by atoms with Crippen LogP contribution in [0.25, 0.3) is 0 Å². The van der Waals surface area contributed by atoms with Crippen molar-refractivity contribution in [3.05, 3.63) is 124 Å². The van der Waals surface area contributed by atoms with E-state index in [4.69, 9.17) is 28.5 Å². The Balaban J connectivity index is 1.58. The smallest absolute Gasteiger partial charge is 0.274 e. The zero-order valence-corrected chi connectivity index (χ0v) is 24.4. The van der Waals surface area contributed by atoms with Crippen LogP contribution in [0.2, 0.25) is 0 Å². The Hall–Kier alpha value is -4.80. The van der Waals surface area contributed by atoms with Gasteiger partial charge in [-0.3, -0.25) is 14.6 Å². The number of hydrogen-bond acceptors (Lipinski definition) is 9. The monoisotopic (exact) mass is 588 g/mol. The summed E-state index contributed by atoms with van der Waals surface area (Å²) in [7, 11) is 4.73. The van der Waals surface area contributed by atoms with Crippen molar-refractivity contribution < 1.29 is 33.3 Å². The average molecular weight is 589 g/mol. The molecule has 2 heterocycles. The van der Waals surface area contributed by atoms with Crippen molar-refractivity contribution in [2.75, 3.05) is 21.3 Å². The fourth-order valence-corrected chi connectivity index (χ4v) is 4.44. The number of nitrogens with one attached hydrogen (secondary N) is 1. The predicted octanol–water partition coefficient (Wildman–Crippen LogP) is 6.17. The highest BCUT2D eigenvalue weighted by atomic mass is 32.1. The summed E-state index contributed by atoms with van der Waals surface area (Å²) in [6.45, 7) is 4.30. The largest absolute Gasteiger partial charge is 0.504 e. The van der Waals surface area contributed by atoms with E-state index < -0.39 is 12.0 Å². The van der Waals surface area contributed by atoms with Gasteiger partial charge in [0.2, 0.25) is 0 Å². The third-order valence-electron chi connectivity index (χ3n) is 6.00. The number of pyridine rings is 1. The van der Waals surface area contributed by atoms with Crippen molar-refractivity contribution in [2.45, 2.75) is 19.3 Å².